The molecule has 0 bridgehead atoms. The fourth-order valence-corrected chi connectivity index (χ4v) is 4.43. The van der Waals surface area contributed by atoms with Gasteiger partial charge >= 0.3 is 0 Å². The van der Waals surface area contributed by atoms with E-state index in [1.54, 1.807) is 6.20 Å². The largest absolute Gasteiger partial charge is 0.381 e. The van der Waals surface area contributed by atoms with Crippen molar-refractivity contribution < 1.29 is 19.1 Å². The molecule has 2 aliphatic heterocycles. The van der Waals surface area contributed by atoms with E-state index in [9.17, 15) is 9.59 Å². The molecule has 2 saturated heterocycles. The number of hydrogen-bond acceptors (Lipinski definition) is 5. The first-order chi connectivity index (χ1) is 15.7. The van der Waals surface area contributed by atoms with Gasteiger partial charge in [-0.3, -0.25) is 14.6 Å². The lowest BCUT2D eigenvalue weighted by molar-refractivity contribution is -0.137. The Balaban J connectivity index is 1.37. The Bertz CT molecular complexity index is 889. The van der Waals surface area contributed by atoms with E-state index in [2.05, 4.69) is 34.6 Å². The molecule has 1 aromatic heterocycles. The highest BCUT2D eigenvalue weighted by atomic mass is 16.5. The third kappa shape index (κ3) is 5.53. The third-order valence-electron chi connectivity index (χ3n) is 6.41. The molecule has 7 nitrogen and oxygen atoms in total. The van der Waals surface area contributed by atoms with E-state index in [1.165, 1.54) is 0 Å². The van der Waals surface area contributed by atoms with Crippen molar-refractivity contribution in [2.45, 2.75) is 25.7 Å². The topological polar surface area (TPSA) is 80.8 Å². The highest BCUT2D eigenvalue weighted by Gasteiger charge is 2.40. The van der Waals surface area contributed by atoms with Crippen molar-refractivity contribution in [3.63, 3.8) is 0 Å². The van der Waals surface area contributed by atoms with Crippen molar-refractivity contribution in [2.75, 3.05) is 46.1 Å². The first-order valence-electron chi connectivity index (χ1n) is 11.4. The normalized spacial score (nSPS) is 18.2. The number of carbonyl (C=O) groups is 2. The van der Waals surface area contributed by atoms with Gasteiger partial charge in [0.05, 0.1) is 18.6 Å². The molecule has 0 unspecified atom stereocenters. The molecule has 2 aromatic rings. The number of pyridine rings is 1. The van der Waals surface area contributed by atoms with Crippen LogP contribution in [-0.4, -0.2) is 67.8 Å². The maximum atomic E-state index is 13.3. The molecular formula is C25H31N3O4. The highest BCUT2D eigenvalue weighted by Crippen LogP contribution is 2.35. The number of morpholine rings is 1. The molecule has 1 N–H and O–H groups in total. The van der Waals surface area contributed by atoms with E-state index >= 15 is 0 Å². The summed E-state index contributed by atoms with van der Waals surface area (Å²) in [6.45, 7) is 3.94. The van der Waals surface area contributed by atoms with Crippen molar-refractivity contribution in [3.05, 3.63) is 54.4 Å². The van der Waals surface area contributed by atoms with E-state index in [0.717, 1.165) is 16.7 Å². The number of nitrogens with one attached hydrogen (secondary N) is 1. The van der Waals surface area contributed by atoms with Crippen LogP contribution in [0.15, 0.2) is 48.8 Å². The molecule has 4 rings (SSSR count). The SMILES string of the molecule is O=C(CCNC(=O)C1(Cc2ccc(-c3cccnc3)cc2)CCOCC1)N1CCOCC1. The lowest BCUT2D eigenvalue weighted by Crippen LogP contribution is -2.47. The van der Waals surface area contributed by atoms with Crippen molar-refractivity contribution in [1.29, 1.82) is 0 Å². The molecule has 1 aromatic carbocycles. The summed E-state index contributed by atoms with van der Waals surface area (Å²) in [5.41, 5.74) is 2.80. The minimum atomic E-state index is -0.504. The summed E-state index contributed by atoms with van der Waals surface area (Å²) in [4.78, 5) is 31.6. The number of benzene rings is 1. The smallest absolute Gasteiger partial charge is 0.226 e. The average Bonchev–Trinajstić information content (AvgIpc) is 2.86. The van der Waals surface area contributed by atoms with Gasteiger partial charge < -0.3 is 19.7 Å². The minimum absolute atomic E-state index is 0.0203. The van der Waals surface area contributed by atoms with Crippen molar-refractivity contribution >= 4 is 11.8 Å². The minimum Gasteiger partial charge on any atom is -0.381 e. The van der Waals surface area contributed by atoms with E-state index < -0.39 is 5.41 Å². The van der Waals surface area contributed by atoms with Crippen LogP contribution in [0.25, 0.3) is 11.1 Å². The zero-order valence-corrected chi connectivity index (χ0v) is 18.4. The predicted octanol–water partition coefficient (Wildman–Crippen LogP) is 2.45. The second kappa shape index (κ2) is 10.7. The molecule has 0 saturated carbocycles. The number of carbonyl (C=O) groups excluding carboxylic acids is 2. The molecule has 170 valence electrons. The van der Waals surface area contributed by atoms with Crippen LogP contribution in [0.2, 0.25) is 0 Å². The number of aromatic nitrogens is 1. The molecule has 0 atom stereocenters. The zero-order valence-electron chi connectivity index (χ0n) is 18.4. The van der Waals surface area contributed by atoms with E-state index in [4.69, 9.17) is 9.47 Å². The number of rotatable bonds is 7. The monoisotopic (exact) mass is 437 g/mol. The Morgan fingerprint density at radius 3 is 2.38 bits per heavy atom. The summed E-state index contributed by atoms with van der Waals surface area (Å²) in [5.74, 6) is 0.0903. The Morgan fingerprint density at radius 1 is 0.969 bits per heavy atom. The summed E-state index contributed by atoms with van der Waals surface area (Å²) in [6, 6.07) is 12.3. The molecule has 0 aliphatic carbocycles. The first kappa shape index (κ1) is 22.4. The van der Waals surface area contributed by atoms with Crippen LogP contribution in [0, 0.1) is 5.41 Å². The molecule has 0 radical (unpaired) electrons. The third-order valence-corrected chi connectivity index (χ3v) is 6.41. The van der Waals surface area contributed by atoms with Crippen LogP contribution >= 0.6 is 0 Å². The molecule has 2 amide bonds. The number of nitrogens with zero attached hydrogens (tertiary/aromatic N) is 2. The van der Waals surface area contributed by atoms with Gasteiger partial charge in [-0.2, -0.15) is 0 Å². The fourth-order valence-electron chi connectivity index (χ4n) is 4.43. The summed E-state index contributed by atoms with van der Waals surface area (Å²) >= 11 is 0. The van der Waals surface area contributed by atoms with Crippen molar-refractivity contribution in [1.82, 2.24) is 15.2 Å². The van der Waals surface area contributed by atoms with Gasteiger partial charge in [-0.1, -0.05) is 30.3 Å². The standard InChI is InChI=1S/C25H31N3O4/c29-23(28-12-16-32-17-13-28)7-11-27-24(30)25(8-14-31-15-9-25)18-20-3-5-21(6-4-20)22-2-1-10-26-19-22/h1-6,10,19H,7-9,11-18H2,(H,27,30). The van der Waals surface area contributed by atoms with Gasteiger partial charge in [0.15, 0.2) is 0 Å². The Labute approximate surface area is 189 Å². The fraction of sp³-hybridized carbons (Fsp3) is 0.480. The number of hydrogen-bond donors (Lipinski definition) is 1. The zero-order chi connectivity index (χ0) is 22.2. The maximum Gasteiger partial charge on any atom is 0.226 e. The average molecular weight is 438 g/mol. The first-order valence-corrected chi connectivity index (χ1v) is 11.4. The van der Waals surface area contributed by atoms with Gasteiger partial charge in [-0.15, -0.1) is 0 Å². The molecule has 0 spiro atoms. The summed E-state index contributed by atoms with van der Waals surface area (Å²) in [7, 11) is 0. The lowest BCUT2D eigenvalue weighted by atomic mass is 9.74. The van der Waals surface area contributed by atoms with Crippen LogP contribution in [-0.2, 0) is 25.5 Å². The Kier molecular flexibility index (Phi) is 7.50. The molecule has 2 fully saturated rings. The molecule has 7 heteroatoms. The van der Waals surface area contributed by atoms with Crippen LogP contribution in [0.3, 0.4) is 0 Å². The lowest BCUT2D eigenvalue weighted by Gasteiger charge is -2.36. The van der Waals surface area contributed by atoms with Gasteiger partial charge in [-0.05, 0) is 42.0 Å². The van der Waals surface area contributed by atoms with Crippen molar-refractivity contribution in [3.8, 4) is 11.1 Å². The van der Waals surface area contributed by atoms with Crippen LogP contribution in [0.1, 0.15) is 24.8 Å². The predicted molar refractivity (Wildman–Crippen MR) is 121 cm³/mol. The van der Waals surface area contributed by atoms with Gasteiger partial charge in [0.2, 0.25) is 11.8 Å². The van der Waals surface area contributed by atoms with Gasteiger partial charge in [0.25, 0.3) is 0 Å². The van der Waals surface area contributed by atoms with Crippen molar-refractivity contribution in [2.24, 2.45) is 5.41 Å². The summed E-state index contributed by atoms with van der Waals surface area (Å²) in [6.07, 6.45) is 5.95. The molecule has 3 heterocycles. The van der Waals surface area contributed by atoms with E-state index in [0.29, 0.717) is 71.7 Å². The molecule has 32 heavy (non-hydrogen) atoms. The van der Waals surface area contributed by atoms with Gasteiger partial charge in [0.1, 0.15) is 0 Å². The molecular weight excluding hydrogens is 406 g/mol. The number of amides is 2. The van der Waals surface area contributed by atoms with Gasteiger partial charge in [0, 0.05) is 51.7 Å². The Hall–Kier alpha value is -2.77. The summed E-state index contributed by atoms with van der Waals surface area (Å²) < 4.78 is 10.8. The number of ether oxygens (including phenoxy) is 2. The van der Waals surface area contributed by atoms with Gasteiger partial charge in [-0.25, -0.2) is 0 Å². The Morgan fingerprint density at radius 2 is 1.69 bits per heavy atom. The van der Waals surface area contributed by atoms with E-state index in [-0.39, 0.29) is 11.8 Å². The van der Waals surface area contributed by atoms with Crippen LogP contribution in [0.5, 0.6) is 0 Å². The highest BCUT2D eigenvalue weighted by molar-refractivity contribution is 5.84. The molecule has 2 aliphatic rings. The summed E-state index contributed by atoms with van der Waals surface area (Å²) in [5, 5.41) is 3.04. The van der Waals surface area contributed by atoms with E-state index in [1.807, 2.05) is 23.2 Å². The van der Waals surface area contributed by atoms with Crippen LogP contribution < -0.4 is 5.32 Å². The second-order valence-corrected chi connectivity index (χ2v) is 8.51. The quantitative estimate of drug-likeness (QED) is 0.720. The maximum absolute atomic E-state index is 13.3. The van der Waals surface area contributed by atoms with Crippen LogP contribution in [0.4, 0.5) is 0 Å². The second-order valence-electron chi connectivity index (χ2n) is 8.51.